The largest absolute Gasteiger partial charge is 0.481 e. The summed E-state index contributed by atoms with van der Waals surface area (Å²) in [7, 11) is 0. The van der Waals surface area contributed by atoms with Crippen LogP contribution in [0.2, 0.25) is 5.02 Å². The van der Waals surface area contributed by atoms with Crippen LogP contribution >= 0.6 is 11.6 Å². The zero-order chi connectivity index (χ0) is 28.4. The number of aromatic nitrogens is 2. The van der Waals surface area contributed by atoms with Crippen LogP contribution in [0.4, 0.5) is 22.0 Å². The number of carbonyl (C=O) groups is 2. The maximum atomic E-state index is 13.9. The summed E-state index contributed by atoms with van der Waals surface area (Å²) in [6.45, 7) is 0.164. The third-order valence-electron chi connectivity index (χ3n) is 7.24. The molecule has 7 nitrogen and oxygen atoms in total. The van der Waals surface area contributed by atoms with Gasteiger partial charge >= 0.3 is 12.1 Å². The Labute approximate surface area is 227 Å². The van der Waals surface area contributed by atoms with Crippen LogP contribution in [-0.4, -0.2) is 63.3 Å². The number of piperidine rings is 1. The molecule has 2 aliphatic rings. The number of benzene rings is 1. The van der Waals surface area contributed by atoms with Crippen molar-refractivity contribution in [2.45, 2.75) is 75.5 Å². The Bertz CT molecular complexity index is 1200. The first kappa shape index (κ1) is 29.3. The van der Waals surface area contributed by atoms with Crippen LogP contribution in [0.1, 0.15) is 73.5 Å². The third kappa shape index (κ3) is 7.27. The summed E-state index contributed by atoms with van der Waals surface area (Å²) in [6.07, 6.45) is -1.88. The molecule has 2 N–H and O–H groups in total. The molecule has 0 bridgehead atoms. The first-order valence-electron chi connectivity index (χ1n) is 12.9. The molecule has 1 aliphatic carbocycles. The highest BCUT2D eigenvalue weighted by Crippen LogP contribution is 2.43. The number of hydrogen-bond acceptors (Lipinski definition) is 4. The molecule has 4 rings (SSSR count). The molecule has 2 heterocycles. The summed E-state index contributed by atoms with van der Waals surface area (Å²) >= 11 is 6.25. The Morgan fingerprint density at radius 1 is 1.21 bits per heavy atom. The van der Waals surface area contributed by atoms with Gasteiger partial charge in [0.15, 0.2) is 5.69 Å². The van der Waals surface area contributed by atoms with E-state index in [2.05, 4.69) is 10.4 Å². The molecule has 0 unspecified atom stereocenters. The molecule has 39 heavy (non-hydrogen) atoms. The van der Waals surface area contributed by atoms with Crippen molar-refractivity contribution in [1.29, 1.82) is 0 Å². The lowest BCUT2D eigenvalue weighted by atomic mass is 10.0. The van der Waals surface area contributed by atoms with E-state index in [1.165, 1.54) is 27.8 Å². The van der Waals surface area contributed by atoms with Gasteiger partial charge in [-0.15, -0.1) is 0 Å². The topological polar surface area (TPSA) is 87.5 Å². The Kier molecular flexibility index (Phi) is 8.85. The average molecular weight is 577 g/mol. The first-order chi connectivity index (χ1) is 18.3. The van der Waals surface area contributed by atoms with Crippen LogP contribution in [0.15, 0.2) is 24.3 Å². The molecule has 0 radical (unpaired) electrons. The fourth-order valence-electron chi connectivity index (χ4n) is 5.41. The third-order valence-corrected chi connectivity index (χ3v) is 7.55. The summed E-state index contributed by atoms with van der Waals surface area (Å²) in [5, 5.41) is 16.2. The Morgan fingerprint density at radius 2 is 1.92 bits per heavy atom. The van der Waals surface area contributed by atoms with Crippen molar-refractivity contribution >= 4 is 23.5 Å². The lowest BCUT2D eigenvalue weighted by molar-refractivity contribution is -0.138. The molecule has 214 valence electrons. The van der Waals surface area contributed by atoms with E-state index in [0.29, 0.717) is 25.8 Å². The van der Waals surface area contributed by atoms with Crippen molar-refractivity contribution in [2.75, 3.05) is 19.6 Å². The van der Waals surface area contributed by atoms with Gasteiger partial charge in [-0.05, 0) is 50.4 Å². The second-order valence-corrected chi connectivity index (χ2v) is 10.7. The predicted octanol–water partition coefficient (Wildman–Crippen LogP) is 6.03. The van der Waals surface area contributed by atoms with Gasteiger partial charge in [0.1, 0.15) is 0 Å². The molecule has 1 aliphatic heterocycles. The molecular formula is C26H30ClF5N4O3. The minimum absolute atomic E-state index is 0.0512. The number of alkyl halides is 5. The second-order valence-electron chi connectivity index (χ2n) is 10.3. The van der Waals surface area contributed by atoms with E-state index in [0.717, 1.165) is 18.9 Å². The zero-order valence-corrected chi connectivity index (χ0v) is 21.9. The van der Waals surface area contributed by atoms with Gasteiger partial charge < -0.3 is 10.4 Å². The number of carboxylic acid groups (broad SMARTS) is 1. The molecule has 2 aromatic rings. The molecule has 1 saturated carbocycles. The van der Waals surface area contributed by atoms with Crippen molar-refractivity contribution in [3.8, 4) is 11.3 Å². The van der Waals surface area contributed by atoms with Gasteiger partial charge in [0.25, 0.3) is 11.8 Å². The molecule has 1 aromatic carbocycles. The summed E-state index contributed by atoms with van der Waals surface area (Å²) in [6, 6.07) is 3.58. The van der Waals surface area contributed by atoms with Crippen LogP contribution in [0, 0.1) is 0 Å². The molecular weight excluding hydrogens is 547 g/mol. The number of hydrogen-bond donors (Lipinski definition) is 2. The van der Waals surface area contributed by atoms with Gasteiger partial charge in [-0.2, -0.15) is 18.3 Å². The average Bonchev–Trinajstić information content (AvgIpc) is 3.51. The SMILES string of the molecule is O=C(O)C[C@H](CCN1CCCC(F)(F)C1)NC(=O)c1cc(-c2c(Cl)cccc2C(F)(F)F)n(C2CCCC2)n1. The van der Waals surface area contributed by atoms with Gasteiger partial charge in [0, 0.05) is 24.6 Å². The highest BCUT2D eigenvalue weighted by molar-refractivity contribution is 6.33. The number of amides is 1. The molecule has 2 fully saturated rings. The number of carbonyl (C=O) groups excluding carboxylic acids is 1. The van der Waals surface area contributed by atoms with E-state index in [1.54, 1.807) is 0 Å². The minimum Gasteiger partial charge on any atom is -0.481 e. The van der Waals surface area contributed by atoms with Gasteiger partial charge in [0.2, 0.25) is 0 Å². The van der Waals surface area contributed by atoms with E-state index < -0.39 is 48.5 Å². The molecule has 1 aromatic heterocycles. The molecule has 13 heteroatoms. The summed E-state index contributed by atoms with van der Waals surface area (Å²) in [5.74, 6) is -4.77. The van der Waals surface area contributed by atoms with Gasteiger partial charge in [0.05, 0.1) is 35.3 Å². The highest BCUT2D eigenvalue weighted by atomic mass is 35.5. The lowest BCUT2D eigenvalue weighted by Crippen LogP contribution is -2.45. The van der Waals surface area contributed by atoms with Crippen LogP contribution in [-0.2, 0) is 11.0 Å². The minimum atomic E-state index is -4.70. The normalized spacial score (nSPS) is 19.2. The zero-order valence-electron chi connectivity index (χ0n) is 21.1. The van der Waals surface area contributed by atoms with Crippen LogP contribution in [0.25, 0.3) is 11.3 Å². The van der Waals surface area contributed by atoms with E-state index in [-0.39, 0.29) is 47.4 Å². The Morgan fingerprint density at radius 3 is 2.56 bits per heavy atom. The summed E-state index contributed by atoms with van der Waals surface area (Å²) < 4.78 is 70.6. The lowest BCUT2D eigenvalue weighted by Gasteiger charge is -2.33. The fraction of sp³-hybridized carbons (Fsp3) is 0.577. The number of halogens is 6. The maximum Gasteiger partial charge on any atom is 0.417 e. The maximum absolute atomic E-state index is 13.9. The molecule has 1 amide bonds. The van der Waals surface area contributed by atoms with E-state index in [9.17, 15) is 36.6 Å². The standard InChI is InChI=1S/C26H30ClF5N4O3/c27-19-8-3-7-18(26(30,31)32)23(19)21-14-20(34-36(21)17-5-1-2-6-17)24(39)33-16(13-22(37)38)9-12-35-11-4-10-25(28,29)15-35/h3,7-8,14,16-17H,1-2,4-6,9-13,15H2,(H,33,39)(H,37,38)/t16-/m0/s1. The van der Waals surface area contributed by atoms with Crippen LogP contribution < -0.4 is 5.32 Å². The van der Waals surface area contributed by atoms with Gasteiger partial charge in [-0.3, -0.25) is 19.2 Å². The fourth-order valence-corrected chi connectivity index (χ4v) is 5.68. The number of likely N-dealkylation sites (tertiary alicyclic amines) is 1. The van der Waals surface area contributed by atoms with E-state index in [4.69, 9.17) is 11.6 Å². The number of nitrogens with one attached hydrogen (secondary N) is 1. The smallest absolute Gasteiger partial charge is 0.417 e. The number of nitrogens with zero attached hydrogens (tertiary/aromatic N) is 3. The summed E-state index contributed by atoms with van der Waals surface area (Å²) in [5.41, 5.74) is -1.36. The van der Waals surface area contributed by atoms with E-state index in [1.807, 2.05) is 0 Å². The van der Waals surface area contributed by atoms with E-state index >= 15 is 0 Å². The van der Waals surface area contributed by atoms with Crippen LogP contribution in [0.5, 0.6) is 0 Å². The number of carboxylic acids is 1. The molecule has 1 atom stereocenters. The highest BCUT2D eigenvalue weighted by Gasteiger charge is 2.37. The van der Waals surface area contributed by atoms with Gasteiger partial charge in [-0.1, -0.05) is 30.5 Å². The molecule has 0 spiro atoms. The van der Waals surface area contributed by atoms with Crippen molar-refractivity contribution < 1.29 is 36.6 Å². The van der Waals surface area contributed by atoms with Crippen LogP contribution in [0.3, 0.4) is 0 Å². The molecule has 1 saturated heterocycles. The monoisotopic (exact) mass is 576 g/mol. The number of aliphatic carboxylic acids is 1. The summed E-state index contributed by atoms with van der Waals surface area (Å²) in [4.78, 5) is 26.2. The second kappa shape index (κ2) is 11.8. The van der Waals surface area contributed by atoms with Gasteiger partial charge in [-0.25, -0.2) is 8.78 Å². The Hall–Kier alpha value is -2.73. The quantitative estimate of drug-likeness (QED) is 0.356. The van der Waals surface area contributed by atoms with Crippen molar-refractivity contribution in [1.82, 2.24) is 20.0 Å². The predicted molar refractivity (Wildman–Crippen MR) is 134 cm³/mol. The van der Waals surface area contributed by atoms with Crippen molar-refractivity contribution in [2.24, 2.45) is 0 Å². The first-order valence-corrected chi connectivity index (χ1v) is 13.3. The van der Waals surface area contributed by atoms with Crippen molar-refractivity contribution in [3.63, 3.8) is 0 Å². The van der Waals surface area contributed by atoms with Crippen molar-refractivity contribution in [3.05, 3.63) is 40.5 Å². The Balaban J connectivity index is 1.60. The number of rotatable bonds is 9.